The molecule has 1 aromatic rings. The number of rotatable bonds is 6. The molecular formula is C21H28N6O. The Bertz CT molecular complexity index is 846. The third-order valence-corrected chi connectivity index (χ3v) is 4.95. The van der Waals surface area contributed by atoms with Crippen LogP contribution in [0.2, 0.25) is 0 Å². The molecule has 0 unspecified atom stereocenters. The summed E-state index contributed by atoms with van der Waals surface area (Å²) in [6, 6.07) is 8.20. The highest BCUT2D eigenvalue weighted by Gasteiger charge is 2.28. The van der Waals surface area contributed by atoms with Crippen molar-refractivity contribution in [3.63, 3.8) is 0 Å². The fourth-order valence-electron chi connectivity index (χ4n) is 3.19. The molecular weight excluding hydrogens is 352 g/mol. The Labute approximate surface area is 165 Å². The largest absolute Gasteiger partial charge is 0.404 e. The number of aliphatic imine (C=N–C) groups is 2. The highest BCUT2D eigenvalue weighted by atomic mass is 16.2. The van der Waals surface area contributed by atoms with Gasteiger partial charge in [-0.1, -0.05) is 12.1 Å². The van der Waals surface area contributed by atoms with E-state index >= 15 is 0 Å². The molecule has 0 atom stereocenters. The van der Waals surface area contributed by atoms with E-state index in [0.717, 1.165) is 34.5 Å². The van der Waals surface area contributed by atoms with Gasteiger partial charge in [-0.25, -0.2) is 4.99 Å². The van der Waals surface area contributed by atoms with Crippen LogP contribution < -0.4 is 16.8 Å². The van der Waals surface area contributed by atoms with Gasteiger partial charge < -0.3 is 21.7 Å². The van der Waals surface area contributed by atoms with Gasteiger partial charge in [-0.15, -0.1) is 0 Å². The second-order valence-electron chi connectivity index (χ2n) is 7.12. The molecule has 1 aromatic carbocycles. The minimum Gasteiger partial charge on any atom is -0.404 e. The van der Waals surface area contributed by atoms with E-state index in [9.17, 15) is 4.79 Å². The predicted molar refractivity (Wildman–Crippen MR) is 114 cm³/mol. The van der Waals surface area contributed by atoms with Crippen LogP contribution in [0.15, 0.2) is 51.7 Å². The number of nitrogens with two attached hydrogens (primary N) is 2. The number of amides is 1. The van der Waals surface area contributed by atoms with Gasteiger partial charge in [-0.2, -0.15) is 0 Å². The lowest BCUT2D eigenvalue weighted by molar-refractivity contribution is -0.128. The molecule has 1 aliphatic heterocycles. The quantitative estimate of drug-likeness (QED) is 0.517. The second kappa shape index (κ2) is 8.73. The van der Waals surface area contributed by atoms with Crippen LogP contribution in [-0.2, 0) is 4.79 Å². The summed E-state index contributed by atoms with van der Waals surface area (Å²) < 4.78 is 0. The molecule has 1 fully saturated rings. The SMILES string of the molecule is CN=CC(=CN)c1ccc(N=C(N)C2=C(NC3CC3)CCN(C(C)=O)C2)cc1. The molecule has 1 amide bonds. The standard InChI is InChI=1S/C21H28N6O/c1-14(28)27-10-9-20(25-17-7-8-17)19(13-27)21(23)26-18-5-3-15(4-6-18)16(11-22)12-24-2/h3-6,11-12,17,25H,7-10,13,22H2,1-2H3,(H2,23,26). The van der Waals surface area contributed by atoms with Crippen LogP contribution in [0.5, 0.6) is 0 Å². The zero-order valence-electron chi connectivity index (χ0n) is 16.5. The van der Waals surface area contributed by atoms with Crippen LogP contribution in [0, 0.1) is 0 Å². The van der Waals surface area contributed by atoms with Crippen molar-refractivity contribution >= 4 is 29.2 Å². The molecule has 0 aromatic heterocycles. The van der Waals surface area contributed by atoms with E-state index < -0.39 is 0 Å². The first-order valence-corrected chi connectivity index (χ1v) is 9.55. The van der Waals surface area contributed by atoms with Gasteiger partial charge in [-0.05, 0) is 30.5 Å². The molecule has 5 N–H and O–H groups in total. The molecule has 1 aliphatic carbocycles. The summed E-state index contributed by atoms with van der Waals surface area (Å²) in [6.45, 7) is 2.79. The van der Waals surface area contributed by atoms with Crippen LogP contribution in [0.3, 0.4) is 0 Å². The van der Waals surface area contributed by atoms with Crippen molar-refractivity contribution < 1.29 is 4.79 Å². The zero-order chi connectivity index (χ0) is 20.1. The second-order valence-corrected chi connectivity index (χ2v) is 7.12. The molecule has 1 saturated carbocycles. The van der Waals surface area contributed by atoms with Gasteiger partial charge in [0.25, 0.3) is 0 Å². The Balaban J connectivity index is 1.84. The van der Waals surface area contributed by atoms with Crippen molar-refractivity contribution in [2.24, 2.45) is 21.5 Å². The molecule has 0 bridgehead atoms. The van der Waals surface area contributed by atoms with Crippen molar-refractivity contribution in [2.45, 2.75) is 32.2 Å². The van der Waals surface area contributed by atoms with E-state index in [-0.39, 0.29) is 5.91 Å². The third-order valence-electron chi connectivity index (χ3n) is 4.95. The molecule has 7 heteroatoms. The lowest BCUT2D eigenvalue weighted by Crippen LogP contribution is -2.41. The Morgan fingerprint density at radius 3 is 2.57 bits per heavy atom. The van der Waals surface area contributed by atoms with Gasteiger partial charge in [0, 0.05) is 62.2 Å². The van der Waals surface area contributed by atoms with Gasteiger partial charge in [0.05, 0.1) is 12.2 Å². The number of hydrogen-bond donors (Lipinski definition) is 3. The first kappa shape index (κ1) is 19.7. The van der Waals surface area contributed by atoms with Crippen LogP contribution in [0.25, 0.3) is 5.57 Å². The summed E-state index contributed by atoms with van der Waals surface area (Å²) >= 11 is 0. The van der Waals surface area contributed by atoms with E-state index in [0.29, 0.717) is 25.0 Å². The topological polar surface area (TPSA) is 109 Å². The number of carbonyl (C=O) groups is 1. The Morgan fingerprint density at radius 2 is 2.00 bits per heavy atom. The van der Waals surface area contributed by atoms with Crippen molar-refractivity contribution in [1.82, 2.24) is 10.2 Å². The Hall–Kier alpha value is -3.09. The smallest absolute Gasteiger partial charge is 0.219 e. The molecule has 3 rings (SSSR count). The molecule has 1 heterocycles. The lowest BCUT2D eigenvalue weighted by Gasteiger charge is -2.30. The van der Waals surface area contributed by atoms with E-state index in [4.69, 9.17) is 11.5 Å². The highest BCUT2D eigenvalue weighted by molar-refractivity contribution is 6.09. The van der Waals surface area contributed by atoms with E-state index in [1.54, 1.807) is 25.1 Å². The molecule has 0 radical (unpaired) electrons. The van der Waals surface area contributed by atoms with Gasteiger partial charge in [0.15, 0.2) is 0 Å². The minimum atomic E-state index is 0.0545. The van der Waals surface area contributed by atoms with Crippen LogP contribution in [0.4, 0.5) is 5.69 Å². The average molecular weight is 380 g/mol. The third kappa shape index (κ3) is 4.79. The molecule has 0 spiro atoms. The maximum atomic E-state index is 11.8. The van der Waals surface area contributed by atoms with Gasteiger partial charge in [0.2, 0.25) is 5.91 Å². The van der Waals surface area contributed by atoms with E-state index in [1.807, 2.05) is 24.3 Å². The molecule has 2 aliphatic rings. The summed E-state index contributed by atoms with van der Waals surface area (Å²) in [6.07, 6.45) is 6.39. The van der Waals surface area contributed by atoms with Crippen LogP contribution >= 0.6 is 0 Å². The maximum Gasteiger partial charge on any atom is 0.219 e. The molecule has 0 saturated heterocycles. The molecule has 148 valence electrons. The number of nitrogens with zero attached hydrogens (tertiary/aromatic N) is 3. The van der Waals surface area contributed by atoms with Crippen molar-refractivity contribution in [2.75, 3.05) is 20.1 Å². The number of hydrogen-bond acceptors (Lipinski definition) is 5. The average Bonchev–Trinajstić information content (AvgIpc) is 3.51. The summed E-state index contributed by atoms with van der Waals surface area (Å²) in [4.78, 5) is 22.2. The first-order valence-electron chi connectivity index (χ1n) is 9.55. The monoisotopic (exact) mass is 380 g/mol. The molecule has 7 nitrogen and oxygen atoms in total. The number of allylic oxidation sites excluding steroid dienone is 1. The van der Waals surface area contributed by atoms with Crippen molar-refractivity contribution in [1.29, 1.82) is 0 Å². The predicted octanol–water partition coefficient (Wildman–Crippen LogP) is 1.93. The Morgan fingerprint density at radius 1 is 1.29 bits per heavy atom. The summed E-state index contributed by atoms with van der Waals surface area (Å²) in [7, 11) is 1.71. The minimum absolute atomic E-state index is 0.0545. The number of amidine groups is 1. The van der Waals surface area contributed by atoms with Crippen LogP contribution in [0.1, 0.15) is 31.7 Å². The van der Waals surface area contributed by atoms with Crippen LogP contribution in [-0.4, -0.2) is 49.0 Å². The zero-order valence-corrected chi connectivity index (χ0v) is 16.5. The van der Waals surface area contributed by atoms with Crippen molar-refractivity contribution in [3.05, 3.63) is 47.3 Å². The summed E-state index contributed by atoms with van der Waals surface area (Å²) in [5.74, 6) is 0.505. The number of benzene rings is 1. The first-order chi connectivity index (χ1) is 13.5. The van der Waals surface area contributed by atoms with Gasteiger partial charge in [0.1, 0.15) is 5.84 Å². The number of carbonyl (C=O) groups excluding carboxylic acids is 1. The Kier molecular flexibility index (Phi) is 6.13. The van der Waals surface area contributed by atoms with E-state index in [1.165, 1.54) is 19.0 Å². The van der Waals surface area contributed by atoms with Crippen molar-refractivity contribution in [3.8, 4) is 0 Å². The lowest BCUT2D eigenvalue weighted by atomic mass is 10.0. The maximum absolute atomic E-state index is 11.8. The number of nitrogens with one attached hydrogen (secondary N) is 1. The fourth-order valence-corrected chi connectivity index (χ4v) is 3.19. The highest BCUT2D eigenvalue weighted by Crippen LogP contribution is 2.26. The van der Waals surface area contributed by atoms with Gasteiger partial charge >= 0.3 is 0 Å². The normalized spacial score (nSPS) is 18.7. The molecule has 28 heavy (non-hydrogen) atoms. The summed E-state index contributed by atoms with van der Waals surface area (Å²) in [5, 5.41) is 3.56. The summed E-state index contributed by atoms with van der Waals surface area (Å²) in [5.41, 5.74) is 16.6. The van der Waals surface area contributed by atoms with Gasteiger partial charge in [-0.3, -0.25) is 9.79 Å². The van der Waals surface area contributed by atoms with E-state index in [2.05, 4.69) is 15.3 Å². The fraction of sp³-hybridized carbons (Fsp3) is 0.381.